The lowest BCUT2D eigenvalue weighted by molar-refractivity contribution is -0.312. The van der Waals surface area contributed by atoms with E-state index >= 15 is 0 Å². The van der Waals surface area contributed by atoms with Crippen molar-refractivity contribution >= 4 is 5.97 Å². The normalized spacial score (nSPS) is 46.4. The number of carbonyl (C=O) groups is 1. The minimum atomic E-state index is -1.83. The van der Waals surface area contributed by atoms with Crippen LogP contribution in [0, 0.1) is 23.7 Å². The van der Waals surface area contributed by atoms with Crippen molar-refractivity contribution in [1.29, 1.82) is 0 Å². The van der Waals surface area contributed by atoms with Crippen LogP contribution in [0.15, 0.2) is 59.3 Å². The Kier molecular flexibility index (Phi) is 15.7. The fraction of sp³-hybridized carbons (Fsp3) is 0.776. The van der Waals surface area contributed by atoms with Crippen molar-refractivity contribution < 1.29 is 62.4 Å². The maximum Gasteiger partial charge on any atom is 0.316 e. The Bertz CT molecular complexity index is 1750. The van der Waals surface area contributed by atoms with Crippen LogP contribution in [0.2, 0.25) is 0 Å². The molecule has 4 saturated heterocycles. The summed E-state index contributed by atoms with van der Waals surface area (Å²) in [6, 6.07) is 0.0442. The highest BCUT2D eigenvalue weighted by molar-refractivity contribution is 5.78. The van der Waals surface area contributed by atoms with Crippen LogP contribution in [0.1, 0.15) is 93.9 Å². The second kappa shape index (κ2) is 20.3. The molecule has 7 aliphatic rings. The van der Waals surface area contributed by atoms with Crippen LogP contribution >= 0.6 is 0 Å². The molecule has 1 aliphatic carbocycles. The summed E-state index contributed by atoms with van der Waals surface area (Å²) in [5.41, 5.74) is 0.180. The molecule has 354 valence electrons. The van der Waals surface area contributed by atoms with Crippen LogP contribution in [0.4, 0.5) is 0 Å². The number of carbonyl (C=O) groups excluding carboxylic acids is 1. The number of fused-ring (bicyclic) bond motifs is 2. The van der Waals surface area contributed by atoms with E-state index in [1.807, 2.05) is 39.1 Å². The summed E-state index contributed by atoms with van der Waals surface area (Å²) in [5.74, 6) is -2.51. The smallest absolute Gasteiger partial charge is 0.316 e. The Morgan fingerprint density at radius 1 is 0.921 bits per heavy atom. The van der Waals surface area contributed by atoms with E-state index in [1.54, 1.807) is 33.3 Å². The van der Waals surface area contributed by atoms with Gasteiger partial charge in [0.15, 0.2) is 18.4 Å². The Balaban J connectivity index is 1.18. The molecular formula is C49H75NO13. The summed E-state index contributed by atoms with van der Waals surface area (Å²) in [6.07, 6.45) is 10.7. The second-order valence-electron chi connectivity index (χ2n) is 19.3. The van der Waals surface area contributed by atoms with E-state index in [9.17, 15) is 15.0 Å². The summed E-state index contributed by atoms with van der Waals surface area (Å²) in [6.45, 7) is 16.4. The summed E-state index contributed by atoms with van der Waals surface area (Å²) in [4.78, 5) is 14.4. The van der Waals surface area contributed by atoms with Crippen LogP contribution in [-0.2, 0) is 52.2 Å². The third kappa shape index (κ3) is 10.0. The molecule has 1 spiro atoms. The molecule has 0 unspecified atom stereocenters. The number of methoxy groups -OCH3 is 2. The van der Waals surface area contributed by atoms with Gasteiger partial charge in [-0.05, 0) is 69.9 Å². The van der Waals surface area contributed by atoms with Crippen molar-refractivity contribution in [1.82, 2.24) is 5.32 Å². The number of likely N-dealkylation sites (N-methyl/N-ethyl adjacent to an activating group) is 1. The van der Waals surface area contributed by atoms with E-state index in [1.165, 1.54) is 0 Å². The third-order valence-electron chi connectivity index (χ3n) is 14.9. The molecule has 0 saturated carbocycles. The molecular weight excluding hydrogens is 811 g/mol. The number of rotatable bonds is 9. The third-order valence-corrected chi connectivity index (χ3v) is 14.9. The maximum atomic E-state index is 14.4. The van der Waals surface area contributed by atoms with Crippen LogP contribution < -0.4 is 5.32 Å². The molecule has 6 heterocycles. The van der Waals surface area contributed by atoms with Crippen LogP contribution in [-0.4, -0.2) is 141 Å². The fourth-order valence-electron chi connectivity index (χ4n) is 11.0. The molecule has 0 radical (unpaired) electrons. The van der Waals surface area contributed by atoms with Gasteiger partial charge in [0.25, 0.3) is 0 Å². The molecule has 2 bridgehead atoms. The number of allylic oxidation sites excluding steroid dienone is 2. The van der Waals surface area contributed by atoms with Gasteiger partial charge < -0.3 is 62.9 Å². The number of aliphatic hydroxyl groups excluding tert-OH is 1. The largest absolute Gasteiger partial charge is 0.462 e. The number of hydrogen-bond acceptors (Lipinski definition) is 14. The molecule has 4 fully saturated rings. The molecule has 0 amide bonds. The van der Waals surface area contributed by atoms with Gasteiger partial charge in [0.05, 0.1) is 55.4 Å². The van der Waals surface area contributed by atoms with Crippen LogP contribution in [0.3, 0.4) is 0 Å². The lowest BCUT2D eigenvalue weighted by Crippen LogP contribution is -2.58. The first kappa shape index (κ1) is 48.6. The highest BCUT2D eigenvalue weighted by Crippen LogP contribution is 2.47. The van der Waals surface area contributed by atoms with E-state index in [4.69, 9.17) is 47.4 Å². The minimum absolute atomic E-state index is 0.0411. The lowest BCUT2D eigenvalue weighted by Gasteiger charge is -2.48. The van der Waals surface area contributed by atoms with Gasteiger partial charge >= 0.3 is 5.97 Å². The summed E-state index contributed by atoms with van der Waals surface area (Å²) < 4.78 is 64.6. The van der Waals surface area contributed by atoms with Crippen molar-refractivity contribution in [3.05, 3.63) is 59.3 Å². The van der Waals surface area contributed by atoms with E-state index in [0.29, 0.717) is 43.3 Å². The molecule has 14 nitrogen and oxygen atoms in total. The molecule has 63 heavy (non-hydrogen) atoms. The number of ether oxygens (including phenoxy) is 10. The standard InChI is InChI=1S/C49H75NO13/c1-12-26(2)44-29(5)18-19-48(63-44)24-35-21-34(62-48)17-16-28(4)43(27(3)14-13-15-33-25-56-46-42(51)30(6)20-36(47(52)59-35)49(33,46)53)60-40-23-38(55-11)45(32(8)58-40)61-39-22-37(54-10)41(50-9)31(7)57-39/h13-16,18-20,26-27,29,31-32,34-46,50-51,53H,12,17,21-25H2,1-11H3/t26-,27-,29-,31+,32-,34+,35-,36-,37+,38-,39-,40-,41+,42+,43-,44+,45-,46+,48+,49+/m0/s1. The highest BCUT2D eigenvalue weighted by atomic mass is 16.7. The van der Waals surface area contributed by atoms with Gasteiger partial charge in [-0.2, -0.15) is 0 Å². The summed E-state index contributed by atoms with van der Waals surface area (Å²) in [5, 5.41) is 27.1. The van der Waals surface area contributed by atoms with Gasteiger partial charge in [-0.3, -0.25) is 4.79 Å². The predicted octanol–water partition coefficient (Wildman–Crippen LogP) is 5.60. The fourth-order valence-corrected chi connectivity index (χ4v) is 11.0. The van der Waals surface area contributed by atoms with E-state index in [-0.39, 0.29) is 67.0 Å². The van der Waals surface area contributed by atoms with Crippen molar-refractivity contribution in [3.8, 4) is 0 Å². The van der Waals surface area contributed by atoms with Crippen molar-refractivity contribution in [2.45, 2.75) is 191 Å². The van der Waals surface area contributed by atoms with Gasteiger partial charge in [0, 0.05) is 51.7 Å². The lowest BCUT2D eigenvalue weighted by atomic mass is 9.71. The molecule has 3 N–H and O–H groups in total. The van der Waals surface area contributed by atoms with Gasteiger partial charge in [-0.15, -0.1) is 0 Å². The monoisotopic (exact) mass is 886 g/mol. The predicted molar refractivity (Wildman–Crippen MR) is 234 cm³/mol. The summed E-state index contributed by atoms with van der Waals surface area (Å²) >= 11 is 0. The molecule has 0 aromatic heterocycles. The van der Waals surface area contributed by atoms with Crippen molar-refractivity contribution in [2.75, 3.05) is 27.9 Å². The van der Waals surface area contributed by atoms with Gasteiger partial charge in [0.2, 0.25) is 0 Å². The minimum Gasteiger partial charge on any atom is -0.462 e. The maximum absolute atomic E-state index is 14.4. The quantitative estimate of drug-likeness (QED) is 0.194. The van der Waals surface area contributed by atoms with Gasteiger partial charge in [-0.1, -0.05) is 70.6 Å². The zero-order valence-electron chi connectivity index (χ0n) is 39.3. The number of esters is 1. The van der Waals surface area contributed by atoms with Gasteiger partial charge in [0.1, 0.15) is 35.9 Å². The van der Waals surface area contributed by atoms with Gasteiger partial charge in [-0.25, -0.2) is 0 Å². The molecule has 0 aromatic carbocycles. The van der Waals surface area contributed by atoms with Crippen molar-refractivity contribution in [3.63, 3.8) is 0 Å². The van der Waals surface area contributed by atoms with E-state index in [2.05, 4.69) is 52.1 Å². The van der Waals surface area contributed by atoms with Crippen molar-refractivity contribution in [2.24, 2.45) is 23.7 Å². The number of hydrogen-bond donors (Lipinski definition) is 3. The van der Waals surface area contributed by atoms with E-state index < -0.39 is 66.4 Å². The van der Waals surface area contributed by atoms with Crippen LogP contribution in [0.25, 0.3) is 0 Å². The first-order valence-corrected chi connectivity index (χ1v) is 23.4. The zero-order chi connectivity index (χ0) is 45.4. The topological polar surface area (TPSA) is 162 Å². The molecule has 0 aromatic rings. The Morgan fingerprint density at radius 2 is 1.63 bits per heavy atom. The van der Waals surface area contributed by atoms with Crippen LogP contribution in [0.5, 0.6) is 0 Å². The number of aliphatic hydroxyl groups is 2. The highest BCUT2D eigenvalue weighted by Gasteiger charge is 2.60. The Labute approximate surface area is 374 Å². The summed E-state index contributed by atoms with van der Waals surface area (Å²) in [7, 11) is 5.30. The molecule has 20 atom stereocenters. The zero-order valence-corrected chi connectivity index (χ0v) is 39.3. The molecule has 14 heteroatoms. The molecule has 7 rings (SSSR count). The average molecular weight is 886 g/mol. The SMILES string of the molecule is CC[C@H](C)[C@H]1O[C@]2(C=C[C@@H]1C)C[C@@H]1C[C@@H](CC=C(C)[C@@H](O[C@H]3C[C@H](OC)[C@@H](O[C@H]4C[C@@H](OC)[C@H](NC)[C@@H](C)O4)[C@H](C)O3)[C@@H](C)C=CC=C3CO[C@@H]4[C@H](O)C(C)=C[C@@H](C(=O)O1)[C@]34O)O2. The molecule has 6 aliphatic heterocycles. The number of nitrogens with one attached hydrogen (secondary N) is 1. The first-order chi connectivity index (χ1) is 30.0. The second-order valence-corrected chi connectivity index (χ2v) is 19.3. The Hall–Kier alpha value is -2.31. The first-order valence-electron chi connectivity index (χ1n) is 23.4. The Morgan fingerprint density at radius 3 is 2.35 bits per heavy atom. The average Bonchev–Trinajstić information content (AvgIpc) is 3.60. The van der Waals surface area contributed by atoms with E-state index in [0.717, 1.165) is 12.0 Å².